The summed E-state index contributed by atoms with van der Waals surface area (Å²) in [5, 5.41) is 0. The molecule has 112 valence electrons. The quantitative estimate of drug-likeness (QED) is 0.333. The molecule has 20 heavy (non-hydrogen) atoms. The zero-order valence-corrected chi connectivity index (χ0v) is 13.1. The van der Waals surface area contributed by atoms with E-state index in [1.54, 1.807) is 0 Å². The maximum Gasteiger partial charge on any atom is 0.303 e. The normalized spacial score (nSPS) is 29.5. The van der Waals surface area contributed by atoms with Crippen LogP contribution >= 0.6 is 15.9 Å². The van der Waals surface area contributed by atoms with E-state index in [-0.39, 0.29) is 4.83 Å². The van der Waals surface area contributed by atoms with E-state index in [1.807, 2.05) is 0 Å². The third-order valence-electron chi connectivity index (χ3n) is 2.74. The summed E-state index contributed by atoms with van der Waals surface area (Å²) in [5.74, 6) is -1.59. The number of rotatable bonds is 3. The lowest BCUT2D eigenvalue weighted by Gasteiger charge is -2.39. The molecule has 0 saturated heterocycles. The zero-order valence-electron chi connectivity index (χ0n) is 11.6. The molecule has 6 nitrogen and oxygen atoms in total. The molecule has 1 aliphatic carbocycles. The molecule has 1 saturated carbocycles. The van der Waals surface area contributed by atoms with Crippen molar-refractivity contribution in [2.45, 2.75) is 50.3 Å². The molecule has 0 bridgehead atoms. The SMILES string of the molecule is C=C1C[C@@H](Br)[C@@H](OC(C)=O)[C@H](OC(C)=O)[C@@H]1OC(C)=O. The van der Waals surface area contributed by atoms with E-state index >= 15 is 0 Å². The van der Waals surface area contributed by atoms with Gasteiger partial charge in [-0.3, -0.25) is 14.4 Å². The fraction of sp³-hybridized carbons (Fsp3) is 0.615. The largest absolute Gasteiger partial charge is 0.457 e. The second-order valence-corrected chi connectivity index (χ2v) is 5.73. The highest BCUT2D eigenvalue weighted by atomic mass is 79.9. The Labute approximate surface area is 125 Å². The van der Waals surface area contributed by atoms with Crippen LogP contribution in [0.5, 0.6) is 0 Å². The standard InChI is InChI=1S/C13H17BrO6/c1-6-5-10(14)12(19-8(3)16)13(20-9(4)17)11(6)18-7(2)15/h10-13H,1,5H2,2-4H3/t10-,11-,12-,13-/m1/s1. The van der Waals surface area contributed by atoms with Crippen molar-refractivity contribution in [3.8, 4) is 0 Å². The number of esters is 3. The van der Waals surface area contributed by atoms with Gasteiger partial charge in [-0.2, -0.15) is 0 Å². The van der Waals surface area contributed by atoms with Gasteiger partial charge >= 0.3 is 17.9 Å². The van der Waals surface area contributed by atoms with E-state index in [4.69, 9.17) is 14.2 Å². The minimum atomic E-state index is -0.911. The lowest BCUT2D eigenvalue weighted by Crippen LogP contribution is -2.53. The number of alkyl halides is 1. The van der Waals surface area contributed by atoms with Crippen molar-refractivity contribution in [1.82, 2.24) is 0 Å². The molecule has 0 aromatic carbocycles. The molecule has 0 aromatic rings. The Morgan fingerprint density at radius 2 is 1.45 bits per heavy atom. The summed E-state index contributed by atoms with van der Waals surface area (Å²) < 4.78 is 15.5. The van der Waals surface area contributed by atoms with Crippen molar-refractivity contribution < 1.29 is 28.6 Å². The number of hydrogen-bond acceptors (Lipinski definition) is 6. The van der Waals surface area contributed by atoms with Crippen LogP contribution in [0.4, 0.5) is 0 Å². The molecule has 4 atom stereocenters. The smallest absolute Gasteiger partial charge is 0.303 e. The van der Waals surface area contributed by atoms with Crippen LogP contribution in [0.3, 0.4) is 0 Å². The first kappa shape index (κ1) is 16.7. The average Bonchev–Trinajstić information content (AvgIpc) is 2.27. The van der Waals surface area contributed by atoms with Gasteiger partial charge in [0.2, 0.25) is 0 Å². The Morgan fingerprint density at radius 1 is 1.00 bits per heavy atom. The van der Waals surface area contributed by atoms with Crippen LogP contribution in [-0.4, -0.2) is 41.0 Å². The lowest BCUT2D eigenvalue weighted by molar-refractivity contribution is -0.182. The first-order valence-electron chi connectivity index (χ1n) is 6.05. The van der Waals surface area contributed by atoms with Crippen molar-refractivity contribution in [2.75, 3.05) is 0 Å². The molecule has 1 aliphatic rings. The maximum absolute atomic E-state index is 11.2. The highest BCUT2D eigenvalue weighted by Crippen LogP contribution is 2.34. The summed E-state index contributed by atoms with van der Waals surface area (Å²) in [6.07, 6.45) is -2.04. The summed E-state index contributed by atoms with van der Waals surface area (Å²) in [4.78, 5) is 33.3. The van der Waals surface area contributed by atoms with E-state index in [0.717, 1.165) is 0 Å². The lowest BCUT2D eigenvalue weighted by atomic mass is 9.87. The Morgan fingerprint density at radius 3 is 1.90 bits per heavy atom. The van der Waals surface area contributed by atoms with Gasteiger partial charge in [-0.05, 0) is 12.0 Å². The van der Waals surface area contributed by atoms with Gasteiger partial charge in [-0.25, -0.2) is 0 Å². The fourth-order valence-corrected chi connectivity index (χ4v) is 2.90. The fourth-order valence-electron chi connectivity index (χ4n) is 2.08. The van der Waals surface area contributed by atoms with Gasteiger partial charge < -0.3 is 14.2 Å². The summed E-state index contributed by atoms with van der Waals surface area (Å²) in [6, 6.07) is 0. The minimum Gasteiger partial charge on any atom is -0.457 e. The Hall–Kier alpha value is -1.37. The summed E-state index contributed by atoms with van der Waals surface area (Å²) in [6.45, 7) is 7.57. The molecule has 1 fully saturated rings. The summed E-state index contributed by atoms with van der Waals surface area (Å²) >= 11 is 3.38. The van der Waals surface area contributed by atoms with Crippen LogP contribution in [0.25, 0.3) is 0 Å². The molecule has 0 N–H and O–H groups in total. The Bertz CT molecular complexity index is 433. The second kappa shape index (κ2) is 6.88. The first-order valence-corrected chi connectivity index (χ1v) is 6.97. The molecule has 7 heteroatoms. The van der Waals surface area contributed by atoms with Gasteiger partial charge in [0.25, 0.3) is 0 Å². The van der Waals surface area contributed by atoms with Crippen molar-refractivity contribution >= 4 is 33.8 Å². The van der Waals surface area contributed by atoms with Gasteiger partial charge in [-0.1, -0.05) is 22.5 Å². The number of hydrogen-bond donors (Lipinski definition) is 0. The van der Waals surface area contributed by atoms with E-state index in [0.29, 0.717) is 12.0 Å². The maximum atomic E-state index is 11.2. The number of ether oxygens (including phenoxy) is 3. The van der Waals surface area contributed by atoms with Gasteiger partial charge in [0, 0.05) is 20.8 Å². The molecule has 0 aromatic heterocycles. The third kappa shape index (κ3) is 4.33. The van der Waals surface area contributed by atoms with Crippen molar-refractivity contribution in [3.63, 3.8) is 0 Å². The Balaban J connectivity index is 3.05. The zero-order chi connectivity index (χ0) is 15.4. The topological polar surface area (TPSA) is 78.9 Å². The monoisotopic (exact) mass is 348 g/mol. The van der Waals surface area contributed by atoms with E-state index in [2.05, 4.69) is 22.5 Å². The first-order chi connectivity index (χ1) is 9.22. The molecular weight excluding hydrogens is 332 g/mol. The molecule has 0 aliphatic heterocycles. The molecule has 0 unspecified atom stereocenters. The third-order valence-corrected chi connectivity index (χ3v) is 3.58. The predicted octanol–water partition coefficient (Wildman–Crippen LogP) is 1.50. The van der Waals surface area contributed by atoms with Crippen LogP contribution in [0.1, 0.15) is 27.2 Å². The number of carbonyl (C=O) groups is 3. The van der Waals surface area contributed by atoms with Crippen LogP contribution < -0.4 is 0 Å². The molecule has 0 spiro atoms. The van der Waals surface area contributed by atoms with Crippen molar-refractivity contribution in [2.24, 2.45) is 0 Å². The van der Waals surface area contributed by atoms with Crippen LogP contribution in [0.2, 0.25) is 0 Å². The van der Waals surface area contributed by atoms with Crippen LogP contribution in [-0.2, 0) is 28.6 Å². The van der Waals surface area contributed by atoms with Gasteiger partial charge in [0.05, 0.1) is 4.83 Å². The number of carbonyl (C=O) groups excluding carboxylic acids is 3. The van der Waals surface area contributed by atoms with Crippen LogP contribution in [0, 0.1) is 0 Å². The molecule has 1 rings (SSSR count). The van der Waals surface area contributed by atoms with Gasteiger partial charge in [-0.15, -0.1) is 0 Å². The predicted molar refractivity (Wildman–Crippen MR) is 73.1 cm³/mol. The van der Waals surface area contributed by atoms with Crippen molar-refractivity contribution in [3.05, 3.63) is 12.2 Å². The Kier molecular flexibility index (Phi) is 5.74. The number of halogens is 1. The average molecular weight is 349 g/mol. The molecular formula is C13H17BrO6. The minimum absolute atomic E-state index is 0.268. The van der Waals surface area contributed by atoms with E-state index < -0.39 is 36.2 Å². The molecule has 0 amide bonds. The second-order valence-electron chi connectivity index (χ2n) is 4.56. The van der Waals surface area contributed by atoms with Crippen molar-refractivity contribution in [1.29, 1.82) is 0 Å². The molecule has 0 heterocycles. The highest BCUT2D eigenvalue weighted by molar-refractivity contribution is 9.09. The highest BCUT2D eigenvalue weighted by Gasteiger charge is 2.46. The summed E-state index contributed by atoms with van der Waals surface area (Å²) in [5.41, 5.74) is 0.594. The van der Waals surface area contributed by atoms with E-state index in [1.165, 1.54) is 20.8 Å². The molecule has 0 radical (unpaired) electrons. The van der Waals surface area contributed by atoms with Crippen LogP contribution in [0.15, 0.2) is 12.2 Å². The summed E-state index contributed by atoms with van der Waals surface area (Å²) in [7, 11) is 0. The van der Waals surface area contributed by atoms with E-state index in [9.17, 15) is 14.4 Å². The van der Waals surface area contributed by atoms with Gasteiger partial charge in [0.1, 0.15) is 0 Å². The van der Waals surface area contributed by atoms with Gasteiger partial charge in [0.15, 0.2) is 18.3 Å².